The molecule has 2 heterocycles. The second-order valence-corrected chi connectivity index (χ2v) is 21.3. The van der Waals surface area contributed by atoms with Crippen molar-refractivity contribution in [2.75, 3.05) is 33.3 Å². The first-order chi connectivity index (χ1) is 20.6. The normalized spacial score (nSPS) is 24.8. The largest absolute Gasteiger partial charge is 0.444 e. The highest BCUT2D eigenvalue weighted by atomic mass is 28.4. The Morgan fingerprint density at radius 3 is 2.43 bits per heavy atom. The molecule has 1 saturated heterocycles. The molecule has 1 aromatic rings. The first kappa shape index (κ1) is 35.4. The van der Waals surface area contributed by atoms with Gasteiger partial charge in [-0.25, -0.2) is 9.48 Å². The molecule has 1 N–H and O–H groups in total. The van der Waals surface area contributed by atoms with Crippen molar-refractivity contribution in [3.63, 3.8) is 0 Å². The Balaban J connectivity index is 1.46. The average Bonchev–Trinajstić information content (AvgIpc) is 3.37. The fourth-order valence-electron chi connectivity index (χ4n) is 7.20. The smallest absolute Gasteiger partial charge is 0.410 e. The van der Waals surface area contributed by atoms with Crippen molar-refractivity contribution in [2.45, 2.75) is 161 Å². The molecule has 0 radical (unpaired) electrons. The number of amides is 1. The zero-order chi connectivity index (χ0) is 32.2. The van der Waals surface area contributed by atoms with E-state index < -0.39 is 13.9 Å². The van der Waals surface area contributed by atoms with E-state index in [0.717, 1.165) is 51.8 Å². The SMILES string of the molecule is CN(CCNCCc1cn(C2CCCCO2)nc1C1CCC(O[Si](C)(C)C(C)(C)C)C2(CCCCC2)C1)C(=O)OC(C)(C)C. The molecule has 3 atom stereocenters. The number of nitrogens with one attached hydrogen (secondary N) is 1. The second kappa shape index (κ2) is 14.6. The van der Waals surface area contributed by atoms with Crippen LogP contribution >= 0.6 is 0 Å². The highest BCUT2D eigenvalue weighted by molar-refractivity contribution is 6.74. The van der Waals surface area contributed by atoms with Gasteiger partial charge in [0.2, 0.25) is 0 Å². The molecule has 1 spiro atoms. The molecule has 0 aromatic carbocycles. The quantitative estimate of drug-likeness (QED) is 0.207. The molecule has 252 valence electrons. The Morgan fingerprint density at radius 2 is 1.80 bits per heavy atom. The lowest BCUT2D eigenvalue weighted by Gasteiger charge is -2.52. The molecule has 2 saturated carbocycles. The number of nitrogens with zero attached hydrogens (tertiary/aromatic N) is 3. The van der Waals surface area contributed by atoms with Crippen molar-refractivity contribution in [1.29, 1.82) is 0 Å². The molecule has 2 aliphatic carbocycles. The van der Waals surface area contributed by atoms with Crippen LogP contribution in [-0.2, 0) is 20.3 Å². The lowest BCUT2D eigenvalue weighted by atomic mass is 9.60. The van der Waals surface area contributed by atoms with E-state index in [1.165, 1.54) is 56.2 Å². The Labute approximate surface area is 269 Å². The number of rotatable bonds is 10. The predicted octanol–water partition coefficient (Wildman–Crippen LogP) is 8.19. The summed E-state index contributed by atoms with van der Waals surface area (Å²) in [4.78, 5) is 14.0. The highest BCUT2D eigenvalue weighted by Crippen LogP contribution is 2.55. The molecule has 8 nitrogen and oxygen atoms in total. The van der Waals surface area contributed by atoms with Gasteiger partial charge in [0, 0.05) is 38.9 Å². The van der Waals surface area contributed by atoms with E-state index in [1.54, 1.807) is 11.9 Å². The summed E-state index contributed by atoms with van der Waals surface area (Å²) in [6.45, 7) is 20.7. The molecular weight excluding hydrogens is 568 g/mol. The Kier molecular flexibility index (Phi) is 11.7. The predicted molar refractivity (Wildman–Crippen MR) is 181 cm³/mol. The van der Waals surface area contributed by atoms with Crippen molar-refractivity contribution >= 4 is 14.4 Å². The van der Waals surface area contributed by atoms with Crippen LogP contribution in [0, 0.1) is 5.41 Å². The van der Waals surface area contributed by atoms with Crippen molar-refractivity contribution in [2.24, 2.45) is 5.41 Å². The first-order valence-electron chi connectivity index (χ1n) is 17.6. The van der Waals surface area contributed by atoms with Gasteiger partial charge in [-0.15, -0.1) is 0 Å². The zero-order valence-electron chi connectivity index (χ0n) is 29.6. The van der Waals surface area contributed by atoms with E-state index >= 15 is 0 Å². The molecule has 1 amide bonds. The van der Waals surface area contributed by atoms with Crippen molar-refractivity contribution < 1.29 is 18.7 Å². The maximum Gasteiger partial charge on any atom is 0.410 e. The van der Waals surface area contributed by atoms with Gasteiger partial charge in [0.25, 0.3) is 0 Å². The number of carbonyl (C=O) groups is 1. The van der Waals surface area contributed by atoms with Crippen LogP contribution in [0.4, 0.5) is 4.79 Å². The van der Waals surface area contributed by atoms with Gasteiger partial charge in [-0.2, -0.15) is 5.10 Å². The molecule has 44 heavy (non-hydrogen) atoms. The number of likely N-dealkylation sites (N-methyl/N-ethyl adjacent to an activating group) is 1. The first-order valence-corrected chi connectivity index (χ1v) is 20.5. The second-order valence-electron chi connectivity index (χ2n) is 16.5. The minimum Gasteiger partial charge on any atom is -0.444 e. The Bertz CT molecular complexity index is 1060. The number of carbonyl (C=O) groups excluding carboxylic acids is 1. The van der Waals surface area contributed by atoms with E-state index in [2.05, 4.69) is 50.1 Å². The summed E-state index contributed by atoms with van der Waals surface area (Å²) in [6, 6.07) is 0. The standard InChI is InChI=1S/C35H64N4O4Si/c1-33(2,3)42-32(40)38(7)23-22-36-21-18-28-26-39(30-15-11-14-24-41-30)37-31(28)27-16-17-29(43-44(8,9)34(4,5)6)35(25-27)19-12-10-13-20-35/h26-27,29-30,36H,10-25H2,1-9H3. The Hall–Kier alpha value is -1.42. The van der Waals surface area contributed by atoms with Crippen LogP contribution in [0.5, 0.6) is 0 Å². The van der Waals surface area contributed by atoms with Crippen LogP contribution in [0.1, 0.15) is 136 Å². The fourth-order valence-corrected chi connectivity index (χ4v) is 8.63. The summed E-state index contributed by atoms with van der Waals surface area (Å²) in [6.07, 6.45) is 16.8. The van der Waals surface area contributed by atoms with Crippen molar-refractivity contribution in [1.82, 2.24) is 20.0 Å². The molecule has 3 unspecified atom stereocenters. The molecule has 1 aliphatic heterocycles. The third-order valence-corrected chi connectivity index (χ3v) is 15.3. The monoisotopic (exact) mass is 632 g/mol. The summed E-state index contributed by atoms with van der Waals surface area (Å²) in [7, 11) is -0.0629. The molecule has 4 rings (SSSR count). The lowest BCUT2D eigenvalue weighted by molar-refractivity contribution is -0.0420. The molecule has 1 aromatic heterocycles. The molecule has 3 aliphatic rings. The topological polar surface area (TPSA) is 77.9 Å². The van der Waals surface area contributed by atoms with Crippen LogP contribution in [0.25, 0.3) is 0 Å². The van der Waals surface area contributed by atoms with Crippen molar-refractivity contribution in [3.05, 3.63) is 17.5 Å². The molecule has 3 fully saturated rings. The van der Waals surface area contributed by atoms with E-state index in [1.807, 2.05) is 20.8 Å². The summed E-state index contributed by atoms with van der Waals surface area (Å²) in [5, 5.41) is 9.12. The van der Waals surface area contributed by atoms with Crippen LogP contribution < -0.4 is 5.32 Å². The summed E-state index contributed by atoms with van der Waals surface area (Å²) in [5.41, 5.74) is 2.43. The molecule has 0 bridgehead atoms. The maximum absolute atomic E-state index is 12.3. The number of aromatic nitrogens is 2. The van der Waals surface area contributed by atoms with Crippen LogP contribution in [0.2, 0.25) is 18.1 Å². The third kappa shape index (κ3) is 9.10. The number of hydrogen-bond acceptors (Lipinski definition) is 6. The average molecular weight is 633 g/mol. The van der Waals surface area contributed by atoms with Gasteiger partial charge < -0.3 is 24.1 Å². The summed E-state index contributed by atoms with van der Waals surface area (Å²) in [5.74, 6) is 0.463. The molecule has 9 heteroatoms. The Morgan fingerprint density at radius 1 is 1.07 bits per heavy atom. The van der Waals surface area contributed by atoms with E-state index in [4.69, 9.17) is 19.0 Å². The number of hydrogen-bond donors (Lipinski definition) is 1. The van der Waals surface area contributed by atoms with Crippen LogP contribution in [0.3, 0.4) is 0 Å². The van der Waals surface area contributed by atoms with Gasteiger partial charge in [0.15, 0.2) is 8.32 Å². The summed E-state index contributed by atoms with van der Waals surface area (Å²) < 4.78 is 21.1. The minimum absolute atomic E-state index is 0.0496. The fraction of sp³-hybridized carbons (Fsp3) is 0.886. The number of ether oxygens (including phenoxy) is 2. The lowest BCUT2D eigenvalue weighted by Crippen LogP contribution is -2.52. The maximum atomic E-state index is 12.3. The van der Waals surface area contributed by atoms with Gasteiger partial charge in [-0.1, -0.05) is 40.0 Å². The highest BCUT2D eigenvalue weighted by Gasteiger charge is 2.50. The summed E-state index contributed by atoms with van der Waals surface area (Å²) >= 11 is 0. The van der Waals surface area contributed by atoms with Gasteiger partial charge in [0.05, 0.1) is 11.8 Å². The van der Waals surface area contributed by atoms with Gasteiger partial charge in [-0.3, -0.25) is 0 Å². The van der Waals surface area contributed by atoms with Crippen molar-refractivity contribution in [3.8, 4) is 0 Å². The van der Waals surface area contributed by atoms with Crippen LogP contribution in [0.15, 0.2) is 6.20 Å². The molecular formula is C35H64N4O4Si. The third-order valence-electron chi connectivity index (χ3n) is 10.8. The van der Waals surface area contributed by atoms with Gasteiger partial charge >= 0.3 is 6.09 Å². The van der Waals surface area contributed by atoms with E-state index in [0.29, 0.717) is 18.6 Å². The van der Waals surface area contributed by atoms with E-state index in [9.17, 15) is 4.79 Å². The zero-order valence-corrected chi connectivity index (χ0v) is 30.6. The van der Waals surface area contributed by atoms with Crippen LogP contribution in [-0.4, -0.2) is 74.1 Å². The van der Waals surface area contributed by atoms with Gasteiger partial charge in [-0.05, 0) is 114 Å². The van der Waals surface area contributed by atoms with Gasteiger partial charge in [0.1, 0.15) is 11.8 Å². The minimum atomic E-state index is -1.86. The van der Waals surface area contributed by atoms with E-state index in [-0.39, 0.29) is 22.8 Å².